The molecule has 0 aromatic carbocycles. The van der Waals surface area contributed by atoms with Gasteiger partial charge in [-0.05, 0) is 45.0 Å². The van der Waals surface area contributed by atoms with Crippen molar-refractivity contribution in [2.75, 3.05) is 26.7 Å². The van der Waals surface area contributed by atoms with Crippen LogP contribution in [0.5, 0.6) is 0 Å². The molecule has 0 bridgehead atoms. The first kappa shape index (κ1) is 15.4. The molecule has 0 aliphatic carbocycles. The number of halogens is 1. The van der Waals surface area contributed by atoms with Crippen molar-refractivity contribution in [1.82, 2.24) is 15.2 Å². The van der Waals surface area contributed by atoms with E-state index >= 15 is 0 Å². The molecule has 5 heteroatoms. The molecular weight excluding hydrogens is 257 g/mol. The number of aliphatic hydroxyl groups is 1. The lowest BCUT2D eigenvalue weighted by Crippen LogP contribution is -2.43. The van der Waals surface area contributed by atoms with Gasteiger partial charge in [-0.25, -0.2) is 4.39 Å². The zero-order valence-corrected chi connectivity index (χ0v) is 12.1. The lowest BCUT2D eigenvalue weighted by Gasteiger charge is -2.35. The number of piperidine rings is 1. The summed E-state index contributed by atoms with van der Waals surface area (Å²) < 4.78 is 12.9. The van der Waals surface area contributed by atoms with Crippen LogP contribution in [-0.4, -0.2) is 47.8 Å². The molecule has 1 aliphatic heterocycles. The highest BCUT2D eigenvalue weighted by atomic mass is 19.1. The Hall–Kier alpha value is -1.04. The second kappa shape index (κ2) is 7.67. The molecule has 1 fully saturated rings. The summed E-state index contributed by atoms with van der Waals surface area (Å²) >= 11 is 0. The highest BCUT2D eigenvalue weighted by molar-refractivity contribution is 5.09. The van der Waals surface area contributed by atoms with Crippen molar-refractivity contribution in [3.8, 4) is 0 Å². The van der Waals surface area contributed by atoms with Crippen molar-refractivity contribution in [1.29, 1.82) is 0 Å². The van der Waals surface area contributed by atoms with E-state index in [0.717, 1.165) is 31.6 Å². The lowest BCUT2D eigenvalue weighted by molar-refractivity contribution is 0.0865. The number of rotatable bonds is 6. The Kier molecular flexibility index (Phi) is 5.88. The molecule has 2 N–H and O–H groups in total. The van der Waals surface area contributed by atoms with Crippen LogP contribution in [0.1, 0.15) is 37.4 Å². The van der Waals surface area contributed by atoms with Crippen molar-refractivity contribution >= 4 is 0 Å². The lowest BCUT2D eigenvalue weighted by atomic mass is 10.0. The second-order valence-electron chi connectivity index (χ2n) is 5.40. The highest BCUT2D eigenvalue weighted by Crippen LogP contribution is 2.20. The molecule has 2 atom stereocenters. The summed E-state index contributed by atoms with van der Waals surface area (Å²) in [6.07, 6.45) is 5.66. The van der Waals surface area contributed by atoms with E-state index in [9.17, 15) is 9.50 Å². The van der Waals surface area contributed by atoms with E-state index in [0.29, 0.717) is 6.04 Å². The average molecular weight is 281 g/mol. The molecule has 1 aromatic heterocycles. The molecule has 0 spiro atoms. The van der Waals surface area contributed by atoms with E-state index in [4.69, 9.17) is 0 Å². The summed E-state index contributed by atoms with van der Waals surface area (Å²) in [6, 6.07) is 3.60. The van der Waals surface area contributed by atoms with Gasteiger partial charge in [0.1, 0.15) is 5.82 Å². The summed E-state index contributed by atoms with van der Waals surface area (Å²) in [5.74, 6) is -0.306. The number of likely N-dealkylation sites (tertiary alicyclic amines) is 1. The summed E-state index contributed by atoms with van der Waals surface area (Å²) in [5, 5.41) is 12.7. The molecule has 1 aliphatic rings. The van der Waals surface area contributed by atoms with Gasteiger partial charge in [0.15, 0.2) is 0 Å². The third-order valence-electron chi connectivity index (χ3n) is 4.12. The second-order valence-corrected chi connectivity index (χ2v) is 5.40. The van der Waals surface area contributed by atoms with Gasteiger partial charge in [0.05, 0.1) is 24.5 Å². The molecule has 2 unspecified atom stereocenters. The Bertz CT molecular complexity index is 399. The van der Waals surface area contributed by atoms with E-state index in [1.54, 1.807) is 6.07 Å². The first-order valence-electron chi connectivity index (χ1n) is 7.38. The van der Waals surface area contributed by atoms with Crippen LogP contribution in [0.4, 0.5) is 4.39 Å². The van der Waals surface area contributed by atoms with Gasteiger partial charge in [-0.2, -0.15) is 0 Å². The van der Waals surface area contributed by atoms with E-state index < -0.39 is 0 Å². The van der Waals surface area contributed by atoms with Crippen LogP contribution in [0.3, 0.4) is 0 Å². The van der Waals surface area contributed by atoms with Crippen LogP contribution in [0.15, 0.2) is 18.3 Å². The first-order valence-corrected chi connectivity index (χ1v) is 7.38. The number of nitrogens with zero attached hydrogens (tertiary/aromatic N) is 2. The largest absolute Gasteiger partial charge is 0.395 e. The fourth-order valence-electron chi connectivity index (χ4n) is 2.89. The van der Waals surface area contributed by atoms with E-state index in [1.165, 1.54) is 25.1 Å². The maximum absolute atomic E-state index is 12.9. The van der Waals surface area contributed by atoms with Crippen LogP contribution in [-0.2, 0) is 0 Å². The topological polar surface area (TPSA) is 48.4 Å². The van der Waals surface area contributed by atoms with Crippen molar-refractivity contribution in [2.45, 2.75) is 37.8 Å². The summed E-state index contributed by atoms with van der Waals surface area (Å²) in [4.78, 5) is 6.51. The smallest absolute Gasteiger partial charge is 0.141 e. The molecule has 0 radical (unpaired) electrons. The first-order chi connectivity index (χ1) is 9.74. The quantitative estimate of drug-likeness (QED) is 0.833. The van der Waals surface area contributed by atoms with Crippen LogP contribution in [0, 0.1) is 5.82 Å². The minimum absolute atomic E-state index is 0.122. The molecule has 2 heterocycles. The standard InChI is InChI=1S/C15H24FN3O/c1-17-14(15-6-5-12(16)10-18-15)7-9-19-8-3-2-4-13(19)11-20/h5-6,10,13-14,17,20H,2-4,7-9,11H2,1H3. The number of hydrogen-bond acceptors (Lipinski definition) is 4. The number of hydrogen-bond donors (Lipinski definition) is 2. The van der Waals surface area contributed by atoms with Crippen LogP contribution >= 0.6 is 0 Å². The molecule has 0 amide bonds. The van der Waals surface area contributed by atoms with Crippen LogP contribution < -0.4 is 5.32 Å². The van der Waals surface area contributed by atoms with Gasteiger partial charge < -0.3 is 10.4 Å². The van der Waals surface area contributed by atoms with Gasteiger partial charge in [0, 0.05) is 12.6 Å². The Morgan fingerprint density at radius 2 is 2.35 bits per heavy atom. The van der Waals surface area contributed by atoms with E-state index in [2.05, 4.69) is 15.2 Å². The SMILES string of the molecule is CNC(CCN1CCCCC1CO)c1ccc(F)cn1. The minimum Gasteiger partial charge on any atom is -0.395 e. The van der Waals surface area contributed by atoms with Crippen LogP contribution in [0.25, 0.3) is 0 Å². The summed E-state index contributed by atoms with van der Waals surface area (Å²) in [7, 11) is 1.90. The predicted molar refractivity (Wildman–Crippen MR) is 76.9 cm³/mol. The predicted octanol–water partition coefficient (Wildman–Crippen LogP) is 1.72. The summed E-state index contributed by atoms with van der Waals surface area (Å²) in [6.45, 7) is 2.22. The Balaban J connectivity index is 1.91. The Morgan fingerprint density at radius 3 is 3.00 bits per heavy atom. The van der Waals surface area contributed by atoms with Gasteiger partial charge in [0.2, 0.25) is 0 Å². The minimum atomic E-state index is -0.306. The maximum atomic E-state index is 12.9. The maximum Gasteiger partial charge on any atom is 0.141 e. The third-order valence-corrected chi connectivity index (χ3v) is 4.12. The highest BCUT2D eigenvalue weighted by Gasteiger charge is 2.22. The van der Waals surface area contributed by atoms with E-state index in [-0.39, 0.29) is 18.5 Å². The number of aromatic nitrogens is 1. The van der Waals surface area contributed by atoms with E-state index in [1.807, 2.05) is 7.05 Å². The molecule has 20 heavy (non-hydrogen) atoms. The van der Waals surface area contributed by atoms with Gasteiger partial charge in [0.25, 0.3) is 0 Å². The fourth-order valence-corrected chi connectivity index (χ4v) is 2.89. The third kappa shape index (κ3) is 3.98. The number of aliphatic hydroxyl groups excluding tert-OH is 1. The van der Waals surface area contributed by atoms with Gasteiger partial charge >= 0.3 is 0 Å². The molecule has 0 saturated carbocycles. The monoisotopic (exact) mass is 281 g/mol. The Labute approximate surface area is 120 Å². The number of nitrogens with one attached hydrogen (secondary N) is 1. The van der Waals surface area contributed by atoms with Gasteiger partial charge in [-0.3, -0.25) is 9.88 Å². The zero-order valence-electron chi connectivity index (χ0n) is 12.1. The van der Waals surface area contributed by atoms with Gasteiger partial charge in [-0.15, -0.1) is 0 Å². The molecule has 4 nitrogen and oxygen atoms in total. The van der Waals surface area contributed by atoms with Gasteiger partial charge in [-0.1, -0.05) is 6.42 Å². The molecule has 112 valence electrons. The average Bonchev–Trinajstić information content (AvgIpc) is 2.50. The molecule has 1 aromatic rings. The van der Waals surface area contributed by atoms with Crippen molar-refractivity contribution in [2.24, 2.45) is 0 Å². The van der Waals surface area contributed by atoms with Crippen molar-refractivity contribution < 1.29 is 9.50 Å². The zero-order chi connectivity index (χ0) is 14.4. The molecular formula is C15H24FN3O. The fraction of sp³-hybridized carbons (Fsp3) is 0.667. The van der Waals surface area contributed by atoms with Crippen molar-refractivity contribution in [3.05, 3.63) is 29.8 Å². The van der Waals surface area contributed by atoms with Crippen molar-refractivity contribution in [3.63, 3.8) is 0 Å². The Morgan fingerprint density at radius 1 is 1.50 bits per heavy atom. The van der Waals surface area contributed by atoms with Crippen LogP contribution in [0.2, 0.25) is 0 Å². The molecule has 1 saturated heterocycles. The summed E-state index contributed by atoms with van der Waals surface area (Å²) in [5.41, 5.74) is 0.867. The normalized spacial score (nSPS) is 21.9. The number of pyridine rings is 1. The molecule has 2 rings (SSSR count).